The Kier molecular flexibility index (Phi) is 5.00. The lowest BCUT2D eigenvalue weighted by Crippen LogP contribution is -2.40. The van der Waals surface area contributed by atoms with Crippen LogP contribution in [0.5, 0.6) is 0 Å². The highest BCUT2D eigenvalue weighted by Crippen LogP contribution is 2.38. The average molecular weight is 494 g/mol. The molecule has 1 N–H and O–H groups in total. The minimum atomic E-state index is -4.81. The number of H-pyrrole nitrogens is 1. The molecule has 5 rings (SSSR count). The highest BCUT2D eigenvalue weighted by molar-refractivity contribution is 7.91. The van der Waals surface area contributed by atoms with Crippen LogP contribution >= 0.6 is 0 Å². The van der Waals surface area contributed by atoms with Crippen LogP contribution in [-0.4, -0.2) is 57.8 Å². The van der Waals surface area contributed by atoms with Gasteiger partial charge in [0.15, 0.2) is 15.5 Å². The van der Waals surface area contributed by atoms with Crippen LogP contribution in [0.1, 0.15) is 11.4 Å². The molecule has 0 amide bonds. The fraction of sp³-hybridized carbons (Fsp3) is 0.300. The summed E-state index contributed by atoms with van der Waals surface area (Å²) in [6.07, 6.45) is -4.81. The number of hydrogen-bond acceptors (Lipinski definition) is 8. The van der Waals surface area contributed by atoms with E-state index in [4.69, 9.17) is 4.42 Å². The van der Waals surface area contributed by atoms with E-state index in [-0.39, 0.29) is 64.5 Å². The Hall–Kier alpha value is -3.68. The minimum Gasteiger partial charge on any atom is -0.403 e. The summed E-state index contributed by atoms with van der Waals surface area (Å²) < 4.78 is 71.0. The van der Waals surface area contributed by atoms with Crippen LogP contribution in [0.4, 0.5) is 19.2 Å². The number of rotatable bonds is 3. The Morgan fingerprint density at radius 1 is 1.06 bits per heavy atom. The van der Waals surface area contributed by atoms with Crippen LogP contribution in [0, 0.1) is 6.92 Å². The first-order chi connectivity index (χ1) is 16.0. The van der Waals surface area contributed by atoms with Gasteiger partial charge in [0.2, 0.25) is 0 Å². The number of fused-ring (bicyclic) bond motifs is 1. The van der Waals surface area contributed by atoms with Gasteiger partial charge in [0.25, 0.3) is 11.4 Å². The Labute approximate surface area is 190 Å². The minimum absolute atomic E-state index is 0.0187. The standard InChI is InChI=1S/C20H17F3N6O4S/c1-11-13(17-25-26-19(33-17)28-7-9-34(31,32)10-8-28)18(30)29-16(24-11)14(12-5-3-2-4-6-12)15(27-29)20(21,22)23/h2-6,24H,7-10H2,1H3. The first-order valence-electron chi connectivity index (χ1n) is 10.1. The summed E-state index contributed by atoms with van der Waals surface area (Å²) in [5, 5.41) is 11.3. The number of aromatic nitrogens is 5. The monoisotopic (exact) mass is 494 g/mol. The summed E-state index contributed by atoms with van der Waals surface area (Å²) >= 11 is 0. The zero-order valence-corrected chi connectivity index (χ0v) is 18.4. The zero-order chi connectivity index (χ0) is 24.3. The van der Waals surface area contributed by atoms with E-state index in [0.717, 1.165) is 0 Å². The van der Waals surface area contributed by atoms with E-state index in [0.29, 0.717) is 4.52 Å². The lowest BCUT2D eigenvalue weighted by atomic mass is 10.1. The molecule has 10 nitrogen and oxygen atoms in total. The van der Waals surface area contributed by atoms with Gasteiger partial charge in [-0.05, 0) is 12.5 Å². The zero-order valence-electron chi connectivity index (χ0n) is 17.6. The molecular formula is C20H17F3N6O4S. The largest absolute Gasteiger partial charge is 0.435 e. The van der Waals surface area contributed by atoms with Crippen molar-refractivity contribution in [2.24, 2.45) is 0 Å². The predicted octanol–water partition coefficient (Wildman–Crippen LogP) is 2.30. The maximum Gasteiger partial charge on any atom is 0.435 e. The van der Waals surface area contributed by atoms with E-state index in [9.17, 15) is 26.4 Å². The van der Waals surface area contributed by atoms with Crippen molar-refractivity contribution < 1.29 is 26.0 Å². The number of hydrogen-bond donors (Lipinski definition) is 1. The van der Waals surface area contributed by atoms with Crippen LogP contribution in [0.15, 0.2) is 39.5 Å². The molecule has 0 radical (unpaired) electrons. The van der Waals surface area contributed by atoms with Gasteiger partial charge in [0, 0.05) is 18.8 Å². The third kappa shape index (κ3) is 3.73. The number of nitrogens with one attached hydrogen (secondary N) is 1. The van der Waals surface area contributed by atoms with Crippen molar-refractivity contribution in [2.45, 2.75) is 13.1 Å². The molecular weight excluding hydrogens is 477 g/mol. The predicted molar refractivity (Wildman–Crippen MR) is 115 cm³/mol. The molecule has 0 spiro atoms. The van der Waals surface area contributed by atoms with Crippen LogP contribution in [0.2, 0.25) is 0 Å². The normalized spacial score (nSPS) is 16.3. The Bertz CT molecular complexity index is 1540. The number of sulfone groups is 1. The van der Waals surface area contributed by atoms with Gasteiger partial charge in [-0.25, -0.2) is 8.42 Å². The number of anilines is 1. The van der Waals surface area contributed by atoms with E-state index in [1.54, 1.807) is 23.1 Å². The van der Waals surface area contributed by atoms with Crippen LogP contribution in [-0.2, 0) is 16.0 Å². The molecule has 1 saturated heterocycles. The fourth-order valence-corrected chi connectivity index (χ4v) is 5.06. The van der Waals surface area contributed by atoms with Crippen molar-refractivity contribution >= 4 is 21.5 Å². The molecule has 1 aromatic carbocycles. The lowest BCUT2D eigenvalue weighted by molar-refractivity contribution is -0.140. The van der Waals surface area contributed by atoms with E-state index >= 15 is 0 Å². The van der Waals surface area contributed by atoms with Crippen molar-refractivity contribution in [1.29, 1.82) is 0 Å². The van der Waals surface area contributed by atoms with Gasteiger partial charge in [0.1, 0.15) is 11.2 Å². The van der Waals surface area contributed by atoms with Crippen molar-refractivity contribution in [2.75, 3.05) is 29.5 Å². The van der Waals surface area contributed by atoms with Gasteiger partial charge in [-0.1, -0.05) is 35.4 Å². The summed E-state index contributed by atoms with van der Waals surface area (Å²) in [6.45, 7) is 1.79. The van der Waals surface area contributed by atoms with Gasteiger partial charge in [0.05, 0.1) is 17.1 Å². The first kappa shape index (κ1) is 22.1. The molecule has 0 bridgehead atoms. The Balaban J connectivity index is 1.64. The van der Waals surface area contributed by atoms with Crippen molar-refractivity contribution in [3.63, 3.8) is 0 Å². The third-order valence-electron chi connectivity index (χ3n) is 5.55. The van der Waals surface area contributed by atoms with Crippen LogP contribution in [0.25, 0.3) is 28.2 Å². The molecule has 4 heterocycles. The van der Waals surface area contributed by atoms with E-state index < -0.39 is 27.3 Å². The quantitative estimate of drug-likeness (QED) is 0.460. The summed E-state index contributed by atoms with van der Waals surface area (Å²) in [5.74, 6) is -0.368. The van der Waals surface area contributed by atoms with Gasteiger partial charge >= 0.3 is 12.2 Å². The molecule has 4 aromatic rings. The molecule has 178 valence electrons. The number of aromatic amines is 1. The highest BCUT2D eigenvalue weighted by Gasteiger charge is 2.39. The number of nitrogens with zero attached hydrogens (tertiary/aromatic N) is 5. The molecule has 14 heteroatoms. The summed E-state index contributed by atoms with van der Waals surface area (Å²) in [4.78, 5) is 17.6. The molecule has 0 atom stereocenters. The van der Waals surface area contributed by atoms with Gasteiger partial charge in [-0.2, -0.15) is 22.8 Å². The molecule has 3 aromatic heterocycles. The second kappa shape index (κ2) is 7.68. The smallest absolute Gasteiger partial charge is 0.403 e. The Morgan fingerprint density at radius 3 is 2.38 bits per heavy atom. The molecule has 0 saturated carbocycles. The second-order valence-electron chi connectivity index (χ2n) is 7.81. The molecule has 1 aliphatic heterocycles. The average Bonchev–Trinajstić information content (AvgIpc) is 3.40. The topological polar surface area (TPSA) is 126 Å². The van der Waals surface area contributed by atoms with Crippen molar-refractivity contribution in [3.8, 4) is 22.6 Å². The maximum absolute atomic E-state index is 13.8. The van der Waals surface area contributed by atoms with E-state index in [1.807, 2.05) is 0 Å². The fourth-order valence-electron chi connectivity index (χ4n) is 3.86. The number of benzene rings is 1. The molecule has 0 aliphatic carbocycles. The first-order valence-corrected chi connectivity index (χ1v) is 11.9. The van der Waals surface area contributed by atoms with E-state index in [2.05, 4.69) is 20.3 Å². The van der Waals surface area contributed by atoms with Crippen molar-refractivity contribution in [3.05, 3.63) is 52.1 Å². The third-order valence-corrected chi connectivity index (χ3v) is 7.16. The molecule has 1 aliphatic rings. The van der Waals surface area contributed by atoms with Gasteiger partial charge in [-0.3, -0.25) is 4.79 Å². The van der Waals surface area contributed by atoms with E-state index in [1.165, 1.54) is 19.1 Å². The SMILES string of the molecule is Cc1[nH]c2c(-c3ccccc3)c(C(F)(F)F)nn2c(=O)c1-c1nnc(N2CCS(=O)(=O)CC2)o1. The maximum atomic E-state index is 13.8. The number of aryl methyl sites for hydroxylation is 1. The highest BCUT2D eigenvalue weighted by atomic mass is 32.2. The van der Waals surface area contributed by atoms with Crippen LogP contribution < -0.4 is 10.5 Å². The lowest BCUT2D eigenvalue weighted by Gasteiger charge is -2.24. The summed E-state index contributed by atoms with van der Waals surface area (Å²) in [5.41, 5.74) is -2.12. The Morgan fingerprint density at radius 2 is 1.74 bits per heavy atom. The molecule has 0 unspecified atom stereocenters. The summed E-state index contributed by atoms with van der Waals surface area (Å²) in [7, 11) is -3.13. The van der Waals surface area contributed by atoms with Crippen LogP contribution in [0.3, 0.4) is 0 Å². The van der Waals surface area contributed by atoms with Gasteiger partial charge in [-0.15, -0.1) is 5.10 Å². The molecule has 1 fully saturated rings. The number of alkyl halides is 3. The second-order valence-corrected chi connectivity index (χ2v) is 10.1. The van der Waals surface area contributed by atoms with Gasteiger partial charge < -0.3 is 14.3 Å². The molecule has 34 heavy (non-hydrogen) atoms. The number of halogens is 3. The van der Waals surface area contributed by atoms with Crippen molar-refractivity contribution in [1.82, 2.24) is 24.8 Å². The summed E-state index contributed by atoms with van der Waals surface area (Å²) in [6, 6.07) is 7.85.